The van der Waals surface area contributed by atoms with Gasteiger partial charge in [0.1, 0.15) is 5.82 Å². The number of nitrogens with one attached hydrogen (secondary N) is 1. The van der Waals surface area contributed by atoms with Crippen molar-refractivity contribution in [1.29, 1.82) is 0 Å². The van der Waals surface area contributed by atoms with Crippen molar-refractivity contribution in [2.75, 3.05) is 30.9 Å². The molecule has 7 nitrogen and oxygen atoms in total. The minimum absolute atomic E-state index is 0.0235. The minimum Gasteiger partial charge on any atom is -0.385 e. The number of piperidine rings is 1. The first-order valence-electron chi connectivity index (χ1n) is 11.4. The van der Waals surface area contributed by atoms with E-state index in [1.165, 1.54) is 6.26 Å². The number of hydrogen-bond acceptors (Lipinski definition) is 6. The second-order valence-corrected chi connectivity index (χ2v) is 10.9. The fourth-order valence-electron chi connectivity index (χ4n) is 4.91. The summed E-state index contributed by atoms with van der Waals surface area (Å²) in [6.45, 7) is 1.91. The summed E-state index contributed by atoms with van der Waals surface area (Å²) < 4.78 is 32.9. The molecule has 1 saturated carbocycles. The Morgan fingerprint density at radius 2 is 1.84 bits per heavy atom. The first-order valence-corrected chi connectivity index (χ1v) is 13.2. The predicted octanol–water partition coefficient (Wildman–Crippen LogP) is 2.67. The number of hydrogen-bond donors (Lipinski definition) is 2. The van der Waals surface area contributed by atoms with Crippen molar-refractivity contribution in [3.63, 3.8) is 0 Å². The average Bonchev–Trinajstić information content (AvgIpc) is 2.80. The highest BCUT2D eigenvalue weighted by atomic mass is 32.2. The summed E-state index contributed by atoms with van der Waals surface area (Å²) in [7, 11) is -3.30. The van der Waals surface area contributed by atoms with E-state index >= 15 is 0 Å². The third-order valence-corrected chi connectivity index (χ3v) is 7.42. The van der Waals surface area contributed by atoms with Crippen molar-refractivity contribution in [1.82, 2.24) is 9.71 Å². The monoisotopic (exact) mass is 459 g/mol. The van der Waals surface area contributed by atoms with E-state index in [4.69, 9.17) is 4.74 Å². The molecule has 2 aliphatic rings. The van der Waals surface area contributed by atoms with E-state index in [9.17, 15) is 13.5 Å². The van der Waals surface area contributed by atoms with Gasteiger partial charge in [0.15, 0.2) is 0 Å². The van der Waals surface area contributed by atoms with Crippen LogP contribution in [0.3, 0.4) is 0 Å². The van der Waals surface area contributed by atoms with Crippen LogP contribution in [0, 0.1) is 5.92 Å². The van der Waals surface area contributed by atoms with Gasteiger partial charge in [0.05, 0.1) is 24.6 Å². The van der Waals surface area contributed by atoms with Crippen LogP contribution in [-0.4, -0.2) is 56.6 Å². The summed E-state index contributed by atoms with van der Waals surface area (Å²) in [4.78, 5) is 6.65. The zero-order valence-electron chi connectivity index (χ0n) is 18.6. The van der Waals surface area contributed by atoms with Crippen molar-refractivity contribution < 1.29 is 18.3 Å². The molecule has 32 heavy (non-hydrogen) atoms. The Balaban J connectivity index is 1.36. The van der Waals surface area contributed by atoms with Crippen LogP contribution in [0.4, 0.5) is 5.82 Å². The van der Waals surface area contributed by atoms with Gasteiger partial charge in [-0.3, -0.25) is 0 Å². The number of benzene rings is 1. The van der Waals surface area contributed by atoms with Crippen molar-refractivity contribution >= 4 is 15.8 Å². The number of rotatable bonds is 7. The van der Waals surface area contributed by atoms with Gasteiger partial charge in [-0.2, -0.15) is 0 Å². The number of anilines is 1. The van der Waals surface area contributed by atoms with E-state index in [0.717, 1.165) is 30.8 Å². The molecule has 2 N–H and O–H groups in total. The first kappa shape index (κ1) is 23.2. The van der Waals surface area contributed by atoms with Crippen LogP contribution >= 0.6 is 0 Å². The standard InChI is InChI=1S/C24H33N3O4S/c1-32(29,30)26-22-12-16-27(23-9-5-6-15-25-23)17-19(22)18-31-21-10-13-24(28,14-11-21)20-7-3-2-4-8-20/h2-9,15,19,21-22,26,28H,10-14,16-18H2,1H3/t19?,21?,22-,24?/m0/s1. The molecule has 2 fully saturated rings. The van der Waals surface area contributed by atoms with E-state index in [1.807, 2.05) is 48.5 Å². The molecule has 0 amide bonds. The fraction of sp³-hybridized carbons (Fsp3) is 0.542. The highest BCUT2D eigenvalue weighted by Gasteiger charge is 2.37. The Morgan fingerprint density at radius 3 is 2.50 bits per heavy atom. The normalized spacial score (nSPS) is 29.1. The Kier molecular flexibility index (Phi) is 7.14. The molecule has 1 aromatic heterocycles. The first-order chi connectivity index (χ1) is 15.3. The van der Waals surface area contributed by atoms with E-state index in [1.54, 1.807) is 6.20 Å². The van der Waals surface area contributed by atoms with Crippen molar-refractivity contribution in [3.05, 3.63) is 60.3 Å². The number of ether oxygens (including phenoxy) is 1. The fourth-order valence-corrected chi connectivity index (χ4v) is 5.77. The third-order valence-electron chi connectivity index (χ3n) is 6.69. The van der Waals surface area contributed by atoms with Crippen LogP contribution in [0.1, 0.15) is 37.7 Å². The van der Waals surface area contributed by atoms with Crippen LogP contribution < -0.4 is 9.62 Å². The van der Waals surface area contributed by atoms with Gasteiger partial charge in [0.2, 0.25) is 10.0 Å². The van der Waals surface area contributed by atoms with Gasteiger partial charge in [-0.05, 0) is 49.8 Å². The molecule has 0 spiro atoms. The topological polar surface area (TPSA) is 91.8 Å². The predicted molar refractivity (Wildman–Crippen MR) is 125 cm³/mol. The average molecular weight is 460 g/mol. The molecule has 1 aliphatic heterocycles. The van der Waals surface area contributed by atoms with Gasteiger partial charge in [0, 0.05) is 31.2 Å². The maximum Gasteiger partial charge on any atom is 0.208 e. The Morgan fingerprint density at radius 1 is 1.12 bits per heavy atom. The van der Waals surface area contributed by atoms with Gasteiger partial charge >= 0.3 is 0 Å². The lowest BCUT2D eigenvalue weighted by molar-refractivity contribution is -0.0677. The van der Waals surface area contributed by atoms with Crippen LogP contribution in [0.2, 0.25) is 0 Å². The molecule has 0 radical (unpaired) electrons. The Hall–Kier alpha value is -2.00. The number of sulfonamides is 1. The van der Waals surface area contributed by atoms with Gasteiger partial charge in [-0.1, -0.05) is 36.4 Å². The van der Waals surface area contributed by atoms with Gasteiger partial charge in [0.25, 0.3) is 0 Å². The number of aliphatic hydroxyl groups is 1. The summed E-state index contributed by atoms with van der Waals surface area (Å²) in [5.41, 5.74) is 0.177. The summed E-state index contributed by atoms with van der Waals surface area (Å²) in [6, 6.07) is 15.5. The second-order valence-electron chi connectivity index (χ2n) is 9.11. The van der Waals surface area contributed by atoms with Crippen LogP contribution in [-0.2, 0) is 20.4 Å². The lowest BCUT2D eigenvalue weighted by Gasteiger charge is -2.41. The lowest BCUT2D eigenvalue weighted by atomic mass is 9.78. The largest absolute Gasteiger partial charge is 0.385 e. The third kappa shape index (κ3) is 5.86. The summed E-state index contributed by atoms with van der Waals surface area (Å²) in [5, 5.41) is 11.1. The Labute approximate surface area is 190 Å². The molecule has 4 rings (SSSR count). The van der Waals surface area contributed by atoms with Crippen molar-refractivity contribution in [2.24, 2.45) is 5.92 Å². The maximum atomic E-state index is 11.9. The molecule has 2 heterocycles. The molecule has 1 unspecified atom stereocenters. The number of nitrogens with zero attached hydrogens (tertiary/aromatic N) is 2. The SMILES string of the molecule is CS(=O)(=O)N[C@H]1CCN(c2ccccn2)CC1COC1CCC(O)(c2ccccc2)CC1. The van der Waals surface area contributed by atoms with Gasteiger partial charge in [-0.25, -0.2) is 18.1 Å². The molecule has 174 valence electrons. The molecule has 0 bridgehead atoms. The van der Waals surface area contributed by atoms with E-state index in [-0.39, 0.29) is 18.1 Å². The highest BCUT2D eigenvalue weighted by molar-refractivity contribution is 7.88. The second kappa shape index (κ2) is 9.87. The molecule has 1 aliphatic carbocycles. The number of aromatic nitrogens is 1. The summed E-state index contributed by atoms with van der Waals surface area (Å²) >= 11 is 0. The quantitative estimate of drug-likeness (QED) is 0.662. The van der Waals surface area contributed by atoms with Gasteiger partial charge < -0.3 is 14.7 Å². The van der Waals surface area contributed by atoms with E-state index in [0.29, 0.717) is 32.4 Å². The lowest BCUT2D eigenvalue weighted by Crippen LogP contribution is -2.52. The zero-order valence-corrected chi connectivity index (χ0v) is 19.4. The smallest absolute Gasteiger partial charge is 0.208 e. The summed E-state index contributed by atoms with van der Waals surface area (Å²) in [5.74, 6) is 0.927. The highest BCUT2D eigenvalue weighted by Crippen LogP contribution is 2.38. The molecular formula is C24H33N3O4S. The van der Waals surface area contributed by atoms with E-state index < -0.39 is 15.6 Å². The van der Waals surface area contributed by atoms with Crippen LogP contribution in [0.5, 0.6) is 0 Å². The minimum atomic E-state index is -3.30. The zero-order chi connectivity index (χ0) is 22.6. The van der Waals surface area contributed by atoms with Gasteiger partial charge in [-0.15, -0.1) is 0 Å². The molecular weight excluding hydrogens is 426 g/mol. The molecule has 2 aromatic rings. The van der Waals surface area contributed by atoms with Crippen molar-refractivity contribution in [3.8, 4) is 0 Å². The molecule has 8 heteroatoms. The van der Waals surface area contributed by atoms with Crippen molar-refractivity contribution in [2.45, 2.75) is 49.9 Å². The van der Waals surface area contributed by atoms with E-state index in [2.05, 4.69) is 14.6 Å². The maximum absolute atomic E-state index is 11.9. The number of pyridine rings is 1. The molecule has 2 atom stereocenters. The van der Waals surface area contributed by atoms with Crippen LogP contribution in [0.15, 0.2) is 54.7 Å². The molecule has 1 aromatic carbocycles. The molecule has 1 saturated heterocycles. The summed E-state index contributed by atoms with van der Waals surface area (Å²) in [6.07, 6.45) is 6.66. The Bertz CT molecular complexity index is 963. The van der Waals surface area contributed by atoms with Crippen LogP contribution in [0.25, 0.3) is 0 Å².